The van der Waals surface area contributed by atoms with E-state index in [9.17, 15) is 4.79 Å². The molecule has 0 bridgehead atoms. The van der Waals surface area contributed by atoms with Crippen LogP contribution < -0.4 is 10.6 Å². The average molecular weight is 496 g/mol. The fraction of sp³-hybridized carbons (Fsp3) is 0.450. The largest absolute Gasteiger partial charge is 0.352 e. The zero-order valence-corrected chi connectivity index (χ0v) is 18.8. The molecule has 1 unspecified atom stereocenters. The van der Waals surface area contributed by atoms with E-state index < -0.39 is 0 Å². The lowest BCUT2D eigenvalue weighted by atomic mass is 10.1. The van der Waals surface area contributed by atoms with Crippen LogP contribution in [0.25, 0.3) is 0 Å². The Morgan fingerprint density at radius 1 is 1.32 bits per heavy atom. The van der Waals surface area contributed by atoms with Crippen molar-refractivity contribution >= 4 is 35.8 Å². The van der Waals surface area contributed by atoms with Gasteiger partial charge in [0, 0.05) is 51.5 Å². The highest BCUT2D eigenvalue weighted by Gasteiger charge is 2.25. The van der Waals surface area contributed by atoms with E-state index in [1.807, 2.05) is 28.8 Å². The number of amides is 1. The van der Waals surface area contributed by atoms with Crippen LogP contribution in [0.2, 0.25) is 0 Å². The Kier molecular flexibility index (Phi) is 8.75. The van der Waals surface area contributed by atoms with Crippen LogP contribution in [-0.4, -0.2) is 52.7 Å². The molecule has 1 atom stereocenters. The van der Waals surface area contributed by atoms with Gasteiger partial charge < -0.3 is 15.5 Å². The molecule has 0 saturated carbocycles. The highest BCUT2D eigenvalue weighted by Crippen LogP contribution is 2.11. The fourth-order valence-corrected chi connectivity index (χ4v) is 3.32. The first-order valence-corrected chi connectivity index (χ1v) is 9.48. The van der Waals surface area contributed by atoms with E-state index >= 15 is 0 Å². The van der Waals surface area contributed by atoms with E-state index in [0.717, 1.165) is 32.0 Å². The van der Waals surface area contributed by atoms with Gasteiger partial charge in [-0.1, -0.05) is 31.2 Å². The first-order valence-electron chi connectivity index (χ1n) is 9.48. The molecule has 8 heteroatoms. The number of carbonyl (C=O) groups is 1. The molecule has 1 aliphatic rings. The van der Waals surface area contributed by atoms with Crippen LogP contribution in [0, 0.1) is 0 Å². The normalized spacial score (nSPS) is 16.6. The van der Waals surface area contributed by atoms with Gasteiger partial charge in [0.05, 0.1) is 6.54 Å². The average Bonchev–Trinajstić information content (AvgIpc) is 3.37. The molecule has 1 fully saturated rings. The summed E-state index contributed by atoms with van der Waals surface area (Å²) in [5.74, 6) is 0.986. The van der Waals surface area contributed by atoms with Gasteiger partial charge >= 0.3 is 0 Å². The summed E-state index contributed by atoms with van der Waals surface area (Å²) in [6.45, 7) is 4.92. The van der Waals surface area contributed by atoms with Crippen molar-refractivity contribution in [2.24, 2.45) is 4.99 Å². The zero-order valence-electron chi connectivity index (χ0n) is 16.5. The molecule has 152 valence electrons. The van der Waals surface area contributed by atoms with Crippen LogP contribution in [-0.2, 0) is 17.9 Å². The number of carbonyl (C=O) groups excluding carboxylic acids is 1. The van der Waals surface area contributed by atoms with Crippen molar-refractivity contribution < 1.29 is 4.79 Å². The summed E-state index contributed by atoms with van der Waals surface area (Å²) in [6, 6.07) is 10.6. The number of hydrogen-bond acceptors (Lipinski definition) is 3. The molecule has 0 radical (unpaired) electrons. The molecule has 0 aliphatic carbocycles. The van der Waals surface area contributed by atoms with Crippen molar-refractivity contribution in [2.75, 3.05) is 20.1 Å². The van der Waals surface area contributed by atoms with Gasteiger partial charge in [-0.05, 0) is 23.6 Å². The number of guanidine groups is 1. The Labute approximate surface area is 183 Å². The van der Waals surface area contributed by atoms with E-state index in [2.05, 4.69) is 45.0 Å². The molecule has 3 rings (SSSR count). The molecule has 1 amide bonds. The van der Waals surface area contributed by atoms with Gasteiger partial charge in [0.1, 0.15) is 0 Å². The first-order chi connectivity index (χ1) is 13.2. The Balaban J connectivity index is 0.00000280. The minimum Gasteiger partial charge on any atom is -0.352 e. The highest BCUT2D eigenvalue weighted by atomic mass is 127. The Morgan fingerprint density at radius 3 is 2.86 bits per heavy atom. The van der Waals surface area contributed by atoms with Crippen LogP contribution in [0.5, 0.6) is 0 Å². The van der Waals surface area contributed by atoms with Crippen molar-refractivity contribution in [1.82, 2.24) is 25.3 Å². The molecule has 1 aliphatic heterocycles. The van der Waals surface area contributed by atoms with E-state index in [0.29, 0.717) is 13.0 Å². The maximum Gasteiger partial charge on any atom is 0.222 e. The summed E-state index contributed by atoms with van der Waals surface area (Å²) in [6.07, 6.45) is 5.27. The minimum atomic E-state index is 0. The monoisotopic (exact) mass is 496 g/mol. The molecule has 2 aromatic rings. The summed E-state index contributed by atoms with van der Waals surface area (Å²) < 4.78 is 1.91. The number of rotatable bonds is 6. The quantitative estimate of drug-likeness (QED) is 0.366. The number of benzene rings is 1. The second-order valence-corrected chi connectivity index (χ2v) is 6.77. The lowest BCUT2D eigenvalue weighted by Crippen LogP contribution is -2.44. The third kappa shape index (κ3) is 6.22. The fourth-order valence-electron chi connectivity index (χ4n) is 3.32. The first kappa shape index (κ1) is 22.2. The van der Waals surface area contributed by atoms with Gasteiger partial charge in [-0.25, -0.2) is 0 Å². The molecule has 1 aromatic carbocycles. The predicted molar refractivity (Wildman–Crippen MR) is 122 cm³/mol. The number of aliphatic imine (C=N–C) groups is 1. The standard InChI is InChI=1S/C20H28N6O.HI/c1-3-19(27)25-11-8-18(15-25)24-20(21-2)22-13-16-6-4-7-17(12-16)14-26-10-5-9-23-26;/h4-7,9-10,12,18H,3,8,11,13-15H2,1-2H3,(H2,21,22,24);1H. The molecule has 1 aromatic heterocycles. The van der Waals surface area contributed by atoms with E-state index in [4.69, 9.17) is 0 Å². The molecule has 28 heavy (non-hydrogen) atoms. The van der Waals surface area contributed by atoms with Gasteiger partial charge in [-0.3, -0.25) is 14.5 Å². The lowest BCUT2D eigenvalue weighted by Gasteiger charge is -2.19. The molecular formula is C20H29IN6O. The van der Waals surface area contributed by atoms with Gasteiger partial charge in [-0.2, -0.15) is 5.10 Å². The summed E-state index contributed by atoms with van der Waals surface area (Å²) in [5.41, 5.74) is 2.40. The SMILES string of the molecule is CCC(=O)N1CCC(NC(=NC)NCc2cccc(Cn3cccn3)c2)C1.I. The van der Waals surface area contributed by atoms with Crippen LogP contribution in [0.3, 0.4) is 0 Å². The molecule has 2 heterocycles. The number of aromatic nitrogens is 2. The summed E-state index contributed by atoms with van der Waals surface area (Å²) >= 11 is 0. The summed E-state index contributed by atoms with van der Waals surface area (Å²) in [7, 11) is 1.77. The van der Waals surface area contributed by atoms with Gasteiger partial charge in [-0.15, -0.1) is 24.0 Å². The van der Waals surface area contributed by atoms with E-state index in [-0.39, 0.29) is 35.9 Å². The van der Waals surface area contributed by atoms with Crippen LogP contribution in [0.4, 0.5) is 0 Å². The van der Waals surface area contributed by atoms with Crippen LogP contribution >= 0.6 is 24.0 Å². The van der Waals surface area contributed by atoms with E-state index in [1.54, 1.807) is 13.2 Å². The Bertz CT molecular complexity index is 777. The van der Waals surface area contributed by atoms with Crippen molar-refractivity contribution in [3.8, 4) is 0 Å². The van der Waals surface area contributed by atoms with Gasteiger partial charge in [0.25, 0.3) is 0 Å². The number of halogens is 1. The third-order valence-corrected chi connectivity index (χ3v) is 4.76. The molecule has 1 saturated heterocycles. The smallest absolute Gasteiger partial charge is 0.222 e. The van der Waals surface area contributed by atoms with Crippen molar-refractivity contribution in [2.45, 2.75) is 38.9 Å². The summed E-state index contributed by atoms with van der Waals surface area (Å²) in [4.78, 5) is 18.1. The van der Waals surface area contributed by atoms with Crippen molar-refractivity contribution in [3.05, 3.63) is 53.9 Å². The van der Waals surface area contributed by atoms with E-state index in [1.165, 1.54) is 11.1 Å². The lowest BCUT2D eigenvalue weighted by molar-refractivity contribution is -0.129. The van der Waals surface area contributed by atoms with Crippen LogP contribution in [0.1, 0.15) is 30.9 Å². The Morgan fingerprint density at radius 2 is 2.14 bits per heavy atom. The second kappa shape index (κ2) is 11.0. The topological polar surface area (TPSA) is 74.6 Å². The predicted octanol–water partition coefficient (Wildman–Crippen LogP) is 2.23. The second-order valence-electron chi connectivity index (χ2n) is 6.77. The maximum atomic E-state index is 11.8. The van der Waals surface area contributed by atoms with Crippen LogP contribution in [0.15, 0.2) is 47.7 Å². The third-order valence-electron chi connectivity index (χ3n) is 4.76. The number of nitrogens with one attached hydrogen (secondary N) is 2. The molecule has 2 N–H and O–H groups in total. The summed E-state index contributed by atoms with van der Waals surface area (Å²) in [5, 5.41) is 11.1. The molecular weight excluding hydrogens is 467 g/mol. The molecule has 7 nitrogen and oxygen atoms in total. The minimum absolute atomic E-state index is 0. The van der Waals surface area contributed by atoms with Gasteiger partial charge in [0.2, 0.25) is 5.91 Å². The highest BCUT2D eigenvalue weighted by molar-refractivity contribution is 14.0. The number of nitrogens with zero attached hydrogens (tertiary/aromatic N) is 4. The zero-order chi connectivity index (χ0) is 19.1. The molecule has 0 spiro atoms. The van der Waals surface area contributed by atoms with Crippen molar-refractivity contribution in [1.29, 1.82) is 0 Å². The number of likely N-dealkylation sites (tertiary alicyclic amines) is 1. The van der Waals surface area contributed by atoms with Crippen molar-refractivity contribution in [3.63, 3.8) is 0 Å². The number of hydrogen-bond donors (Lipinski definition) is 2. The maximum absolute atomic E-state index is 11.8. The Hall–Kier alpha value is -2.10. The van der Waals surface area contributed by atoms with Gasteiger partial charge in [0.15, 0.2) is 5.96 Å².